The number of allylic oxidation sites excluding steroid dienone is 8. The van der Waals surface area contributed by atoms with E-state index < -0.39 is 0 Å². The molecular formula is C28H39N. The Bertz CT molecular complexity index is 907. The van der Waals surface area contributed by atoms with Gasteiger partial charge in [0.1, 0.15) is 0 Å². The van der Waals surface area contributed by atoms with Gasteiger partial charge < -0.3 is 4.98 Å². The van der Waals surface area contributed by atoms with Crippen LogP contribution in [-0.2, 0) is 12.8 Å². The molecule has 0 atom stereocenters. The lowest BCUT2D eigenvalue weighted by Gasteiger charge is -2.04. The Labute approximate surface area is 178 Å². The minimum Gasteiger partial charge on any atom is -0.358 e. The van der Waals surface area contributed by atoms with Crippen LogP contribution in [0.3, 0.4) is 0 Å². The first-order chi connectivity index (χ1) is 13.9. The Hall–Kier alpha value is -2.28. The van der Waals surface area contributed by atoms with E-state index in [0.717, 1.165) is 38.5 Å². The average Bonchev–Trinajstić information content (AvgIpc) is 3.01. The number of H-pyrrole nitrogens is 1. The molecule has 0 bridgehead atoms. The van der Waals surface area contributed by atoms with E-state index in [-0.39, 0.29) is 0 Å². The monoisotopic (exact) mass is 389 g/mol. The minimum atomic E-state index is 0.981. The van der Waals surface area contributed by atoms with Crippen molar-refractivity contribution in [3.05, 3.63) is 82.1 Å². The number of aromatic amines is 1. The predicted octanol–water partition coefficient (Wildman–Crippen LogP) is 8.64. The van der Waals surface area contributed by atoms with Crippen LogP contribution in [0.4, 0.5) is 0 Å². The van der Waals surface area contributed by atoms with Gasteiger partial charge in [-0.05, 0) is 85.3 Å². The van der Waals surface area contributed by atoms with Crippen molar-refractivity contribution in [2.45, 2.75) is 80.1 Å². The summed E-state index contributed by atoms with van der Waals surface area (Å²) < 4.78 is 0. The van der Waals surface area contributed by atoms with Crippen molar-refractivity contribution in [1.29, 1.82) is 0 Å². The molecule has 1 nitrogen and oxygen atoms in total. The van der Waals surface area contributed by atoms with Gasteiger partial charge in [0.25, 0.3) is 0 Å². The topological polar surface area (TPSA) is 15.8 Å². The van der Waals surface area contributed by atoms with Gasteiger partial charge in [-0.3, -0.25) is 0 Å². The van der Waals surface area contributed by atoms with Crippen molar-refractivity contribution in [3.8, 4) is 0 Å². The Morgan fingerprint density at radius 3 is 1.86 bits per heavy atom. The second-order valence-corrected chi connectivity index (χ2v) is 8.78. The van der Waals surface area contributed by atoms with Crippen LogP contribution < -0.4 is 0 Å². The zero-order chi connectivity index (χ0) is 21.2. The lowest BCUT2D eigenvalue weighted by Crippen LogP contribution is -1.91. The smallest absolute Gasteiger partial charge is 0.0459 e. The van der Waals surface area contributed by atoms with Crippen molar-refractivity contribution in [2.75, 3.05) is 0 Å². The first-order valence-corrected chi connectivity index (χ1v) is 11.0. The molecule has 1 N–H and O–H groups in total. The summed E-state index contributed by atoms with van der Waals surface area (Å²) in [5, 5.41) is 1.37. The van der Waals surface area contributed by atoms with Crippen LogP contribution in [-0.4, -0.2) is 4.98 Å². The second kappa shape index (κ2) is 11.7. The van der Waals surface area contributed by atoms with Gasteiger partial charge in [-0.2, -0.15) is 0 Å². The molecule has 0 amide bonds. The molecule has 0 spiro atoms. The SMILES string of the molecule is CC(C)=CCCC(C)=CCc1[nH]c2ccccc2c1CC=C(C)CCC=C(C)C. The lowest BCUT2D eigenvalue weighted by atomic mass is 10.0. The standard InChI is InChI=1S/C28H39N/c1-21(2)11-9-13-23(5)17-19-26-25-15-7-8-16-27(25)29-28(26)20-18-24(6)14-10-12-22(3)4/h7-8,11-12,15-18,29H,9-10,13-14,19-20H2,1-6H3. The Kier molecular flexibility index (Phi) is 9.25. The maximum Gasteiger partial charge on any atom is 0.0459 e. The highest BCUT2D eigenvalue weighted by Gasteiger charge is 2.09. The van der Waals surface area contributed by atoms with Gasteiger partial charge in [-0.25, -0.2) is 0 Å². The number of hydrogen-bond donors (Lipinski definition) is 1. The molecule has 0 saturated heterocycles. The van der Waals surface area contributed by atoms with Crippen molar-refractivity contribution in [2.24, 2.45) is 0 Å². The molecule has 0 unspecified atom stereocenters. The third-order valence-corrected chi connectivity index (χ3v) is 5.39. The fraction of sp³-hybridized carbons (Fsp3) is 0.429. The molecule has 2 aromatic rings. The summed E-state index contributed by atoms with van der Waals surface area (Å²) in [4.78, 5) is 3.68. The van der Waals surface area contributed by atoms with Crippen molar-refractivity contribution in [3.63, 3.8) is 0 Å². The molecule has 2 rings (SSSR count). The highest BCUT2D eigenvalue weighted by Crippen LogP contribution is 2.25. The van der Waals surface area contributed by atoms with Crippen LogP contribution in [0.15, 0.2) is 70.9 Å². The van der Waals surface area contributed by atoms with Gasteiger partial charge >= 0.3 is 0 Å². The first kappa shape index (κ1) is 23.0. The average molecular weight is 390 g/mol. The summed E-state index contributed by atoms with van der Waals surface area (Å²) >= 11 is 0. The number of nitrogens with one attached hydrogen (secondary N) is 1. The summed E-state index contributed by atoms with van der Waals surface area (Å²) in [5.74, 6) is 0. The van der Waals surface area contributed by atoms with E-state index in [9.17, 15) is 0 Å². The number of fused-ring (bicyclic) bond motifs is 1. The molecule has 0 radical (unpaired) electrons. The van der Waals surface area contributed by atoms with Crippen LogP contribution in [0.1, 0.15) is 78.5 Å². The van der Waals surface area contributed by atoms with E-state index in [0.29, 0.717) is 0 Å². The summed E-state index contributed by atoms with van der Waals surface area (Å²) in [6.07, 6.45) is 16.0. The summed E-state index contributed by atoms with van der Waals surface area (Å²) in [7, 11) is 0. The molecule has 0 aliphatic carbocycles. The third kappa shape index (κ3) is 7.93. The second-order valence-electron chi connectivity index (χ2n) is 8.78. The minimum absolute atomic E-state index is 0.981. The van der Waals surface area contributed by atoms with Gasteiger partial charge in [0, 0.05) is 23.0 Å². The summed E-state index contributed by atoms with van der Waals surface area (Å²) in [6, 6.07) is 8.71. The maximum absolute atomic E-state index is 3.68. The predicted molar refractivity (Wildman–Crippen MR) is 131 cm³/mol. The molecule has 0 aliphatic rings. The molecule has 29 heavy (non-hydrogen) atoms. The van der Waals surface area contributed by atoms with E-state index in [1.165, 1.54) is 44.5 Å². The zero-order valence-corrected chi connectivity index (χ0v) is 19.4. The van der Waals surface area contributed by atoms with Crippen molar-refractivity contribution < 1.29 is 0 Å². The molecule has 0 fully saturated rings. The molecule has 1 heterocycles. The van der Waals surface area contributed by atoms with E-state index >= 15 is 0 Å². The summed E-state index contributed by atoms with van der Waals surface area (Å²) in [5.41, 5.74) is 9.83. The number of para-hydroxylation sites is 1. The number of benzene rings is 1. The van der Waals surface area contributed by atoms with E-state index in [1.54, 1.807) is 0 Å². The van der Waals surface area contributed by atoms with Gasteiger partial charge in [-0.1, -0.05) is 64.8 Å². The van der Waals surface area contributed by atoms with Crippen LogP contribution >= 0.6 is 0 Å². The normalized spacial score (nSPS) is 12.3. The number of hydrogen-bond acceptors (Lipinski definition) is 0. The largest absolute Gasteiger partial charge is 0.358 e. The number of aromatic nitrogens is 1. The van der Waals surface area contributed by atoms with Crippen LogP contribution in [0.5, 0.6) is 0 Å². The van der Waals surface area contributed by atoms with E-state index in [4.69, 9.17) is 0 Å². The summed E-state index contributed by atoms with van der Waals surface area (Å²) in [6.45, 7) is 13.2. The van der Waals surface area contributed by atoms with Gasteiger partial charge in [-0.15, -0.1) is 0 Å². The van der Waals surface area contributed by atoms with Gasteiger partial charge in [0.2, 0.25) is 0 Å². The molecule has 1 aromatic carbocycles. The molecule has 1 heteroatoms. The maximum atomic E-state index is 3.68. The van der Waals surface area contributed by atoms with Crippen LogP contribution in [0, 0.1) is 0 Å². The zero-order valence-electron chi connectivity index (χ0n) is 19.4. The fourth-order valence-electron chi connectivity index (χ4n) is 3.60. The highest BCUT2D eigenvalue weighted by atomic mass is 14.7. The molecule has 0 aliphatic heterocycles. The van der Waals surface area contributed by atoms with Gasteiger partial charge in [0.15, 0.2) is 0 Å². The quantitative estimate of drug-likeness (QED) is 0.391. The Morgan fingerprint density at radius 1 is 0.724 bits per heavy atom. The van der Waals surface area contributed by atoms with E-state index in [1.807, 2.05) is 0 Å². The molecule has 156 valence electrons. The molecule has 0 saturated carbocycles. The number of rotatable bonds is 10. The first-order valence-electron chi connectivity index (χ1n) is 11.0. The molecule has 1 aromatic heterocycles. The Balaban J connectivity index is 2.14. The highest BCUT2D eigenvalue weighted by molar-refractivity contribution is 5.85. The van der Waals surface area contributed by atoms with Crippen molar-refractivity contribution in [1.82, 2.24) is 4.98 Å². The lowest BCUT2D eigenvalue weighted by molar-refractivity contribution is 0.946. The van der Waals surface area contributed by atoms with Gasteiger partial charge in [0.05, 0.1) is 0 Å². The third-order valence-electron chi connectivity index (χ3n) is 5.39. The van der Waals surface area contributed by atoms with Crippen LogP contribution in [0.25, 0.3) is 10.9 Å². The molecular weight excluding hydrogens is 350 g/mol. The van der Waals surface area contributed by atoms with E-state index in [2.05, 4.69) is 95.1 Å². The van der Waals surface area contributed by atoms with Crippen LogP contribution in [0.2, 0.25) is 0 Å². The Morgan fingerprint density at radius 2 is 1.28 bits per heavy atom. The van der Waals surface area contributed by atoms with Crippen molar-refractivity contribution >= 4 is 10.9 Å². The fourth-order valence-corrected chi connectivity index (χ4v) is 3.60.